The summed E-state index contributed by atoms with van der Waals surface area (Å²) in [5.74, 6) is -0.218. The second kappa shape index (κ2) is 4.22. The van der Waals surface area contributed by atoms with E-state index >= 15 is 0 Å². The van der Waals surface area contributed by atoms with E-state index < -0.39 is 0 Å². The third-order valence-electron chi connectivity index (χ3n) is 2.72. The molecule has 0 amide bonds. The summed E-state index contributed by atoms with van der Waals surface area (Å²) in [4.78, 5) is 2.99. The van der Waals surface area contributed by atoms with Gasteiger partial charge in [-0.15, -0.1) is 0 Å². The molecule has 1 heterocycles. The fourth-order valence-corrected chi connectivity index (χ4v) is 2.22. The second-order valence-corrected chi connectivity index (χ2v) is 4.22. The molecule has 0 aliphatic heterocycles. The quantitative estimate of drug-likeness (QED) is 0.790. The molecule has 0 spiro atoms. The van der Waals surface area contributed by atoms with Gasteiger partial charge >= 0.3 is 0 Å². The minimum absolute atomic E-state index is 0.0365. The average molecular weight is 236 g/mol. The van der Waals surface area contributed by atoms with Crippen LogP contribution in [0.15, 0.2) is 30.5 Å². The maximum Gasteiger partial charge on any atom is 0.177 e. The molecule has 0 saturated carbocycles. The van der Waals surface area contributed by atoms with Crippen LogP contribution in [0.2, 0.25) is 0 Å². The highest BCUT2D eigenvalue weighted by Gasteiger charge is 2.11. The predicted molar refractivity (Wildman–Crippen MR) is 64.6 cm³/mol. The number of rotatable bonds is 2. The first kappa shape index (κ1) is 11.1. The van der Waals surface area contributed by atoms with Crippen molar-refractivity contribution in [3.05, 3.63) is 52.3 Å². The molecule has 2 nitrogen and oxygen atoms in total. The fourth-order valence-electron chi connectivity index (χ4n) is 1.86. The Bertz CT molecular complexity index is 556. The summed E-state index contributed by atoms with van der Waals surface area (Å²) >= 11 is 5.20. The van der Waals surface area contributed by atoms with Crippen LogP contribution in [0.5, 0.6) is 0 Å². The van der Waals surface area contributed by atoms with Gasteiger partial charge in [-0.1, -0.05) is 12.1 Å². The highest BCUT2D eigenvalue weighted by atomic mass is 32.1. The van der Waals surface area contributed by atoms with Crippen molar-refractivity contribution in [2.24, 2.45) is 0 Å². The van der Waals surface area contributed by atoms with Gasteiger partial charge in [-0.2, -0.15) is 0 Å². The summed E-state index contributed by atoms with van der Waals surface area (Å²) in [5, 5.41) is 0. The molecule has 0 aliphatic rings. The van der Waals surface area contributed by atoms with Crippen LogP contribution in [0, 0.1) is 17.5 Å². The number of hydrogen-bond acceptors (Lipinski definition) is 1. The fraction of sp³-hybridized carbons (Fsp3) is 0.250. The Morgan fingerprint density at radius 1 is 1.44 bits per heavy atom. The Labute approximate surface area is 98.7 Å². The standard InChI is InChI=1S/C12H13FN2S/c1-8-7-14-12(16)15(8)9(2)10-4-3-5-11(13)6-10/h3-7,9H,1-2H3,(H,14,16). The number of H-pyrrole nitrogens is 1. The molecule has 4 heteroatoms. The molecular weight excluding hydrogens is 223 g/mol. The van der Waals surface area contributed by atoms with E-state index in [1.165, 1.54) is 6.07 Å². The van der Waals surface area contributed by atoms with Gasteiger partial charge in [0.1, 0.15) is 5.82 Å². The number of aryl methyl sites for hydroxylation is 1. The first-order valence-electron chi connectivity index (χ1n) is 5.11. The van der Waals surface area contributed by atoms with Crippen molar-refractivity contribution in [1.82, 2.24) is 9.55 Å². The van der Waals surface area contributed by atoms with E-state index in [0.717, 1.165) is 11.3 Å². The lowest BCUT2D eigenvalue weighted by atomic mass is 10.1. The molecule has 0 fully saturated rings. The van der Waals surface area contributed by atoms with Crippen LogP contribution in [0.25, 0.3) is 0 Å². The van der Waals surface area contributed by atoms with Crippen LogP contribution in [0.4, 0.5) is 4.39 Å². The minimum Gasteiger partial charge on any atom is -0.337 e. The van der Waals surface area contributed by atoms with Crippen LogP contribution in [0.1, 0.15) is 24.2 Å². The Hall–Kier alpha value is -1.42. The highest BCUT2D eigenvalue weighted by molar-refractivity contribution is 7.71. The zero-order chi connectivity index (χ0) is 11.7. The second-order valence-electron chi connectivity index (χ2n) is 3.84. The normalized spacial score (nSPS) is 12.7. The smallest absolute Gasteiger partial charge is 0.177 e. The molecule has 1 atom stereocenters. The van der Waals surface area contributed by atoms with Crippen LogP contribution in [-0.4, -0.2) is 9.55 Å². The summed E-state index contributed by atoms with van der Waals surface area (Å²) in [6, 6.07) is 6.64. The SMILES string of the molecule is Cc1c[nH]c(=S)n1C(C)c1cccc(F)c1. The van der Waals surface area contributed by atoms with Gasteiger partial charge in [0.25, 0.3) is 0 Å². The first-order chi connectivity index (χ1) is 7.59. The Kier molecular flexibility index (Phi) is 2.92. The van der Waals surface area contributed by atoms with Gasteiger partial charge in [0, 0.05) is 11.9 Å². The van der Waals surface area contributed by atoms with Gasteiger partial charge in [-0.25, -0.2) is 4.39 Å². The van der Waals surface area contributed by atoms with E-state index in [4.69, 9.17) is 12.2 Å². The Balaban J connectivity index is 2.47. The Morgan fingerprint density at radius 2 is 2.19 bits per heavy atom. The van der Waals surface area contributed by atoms with Gasteiger partial charge in [0.15, 0.2) is 4.77 Å². The largest absolute Gasteiger partial charge is 0.337 e. The number of benzene rings is 1. The van der Waals surface area contributed by atoms with Crippen molar-refractivity contribution in [3.63, 3.8) is 0 Å². The topological polar surface area (TPSA) is 20.7 Å². The molecule has 2 aromatic rings. The lowest BCUT2D eigenvalue weighted by Gasteiger charge is -2.15. The number of hydrogen-bond donors (Lipinski definition) is 1. The summed E-state index contributed by atoms with van der Waals surface area (Å²) in [5.41, 5.74) is 1.96. The molecule has 84 valence electrons. The summed E-state index contributed by atoms with van der Waals surface area (Å²) in [7, 11) is 0. The zero-order valence-corrected chi connectivity index (χ0v) is 10.0. The number of aromatic nitrogens is 2. The first-order valence-corrected chi connectivity index (χ1v) is 5.52. The number of imidazole rings is 1. The maximum absolute atomic E-state index is 13.1. The predicted octanol–water partition coefficient (Wildman–Crippen LogP) is 3.60. The van der Waals surface area contributed by atoms with Crippen LogP contribution < -0.4 is 0 Å². The number of nitrogens with one attached hydrogen (secondary N) is 1. The van der Waals surface area contributed by atoms with Crippen molar-refractivity contribution >= 4 is 12.2 Å². The van der Waals surface area contributed by atoms with Gasteiger partial charge in [0.05, 0.1) is 6.04 Å². The van der Waals surface area contributed by atoms with Crippen LogP contribution in [-0.2, 0) is 0 Å². The molecule has 16 heavy (non-hydrogen) atoms. The molecule has 2 rings (SSSR count). The van der Waals surface area contributed by atoms with E-state index in [2.05, 4.69) is 4.98 Å². The zero-order valence-electron chi connectivity index (χ0n) is 9.20. The molecule has 1 N–H and O–H groups in total. The molecule has 0 bridgehead atoms. The molecule has 1 unspecified atom stereocenters. The van der Waals surface area contributed by atoms with Gasteiger partial charge in [-0.3, -0.25) is 0 Å². The van der Waals surface area contributed by atoms with Crippen molar-refractivity contribution in [2.75, 3.05) is 0 Å². The van der Waals surface area contributed by atoms with E-state index in [-0.39, 0.29) is 11.9 Å². The number of aromatic amines is 1. The van der Waals surface area contributed by atoms with E-state index in [9.17, 15) is 4.39 Å². The van der Waals surface area contributed by atoms with E-state index in [0.29, 0.717) is 4.77 Å². The van der Waals surface area contributed by atoms with Gasteiger partial charge in [0.2, 0.25) is 0 Å². The van der Waals surface area contributed by atoms with Crippen molar-refractivity contribution in [3.8, 4) is 0 Å². The summed E-state index contributed by atoms with van der Waals surface area (Å²) < 4.78 is 15.8. The van der Waals surface area contributed by atoms with Crippen LogP contribution in [0.3, 0.4) is 0 Å². The molecule has 0 aliphatic carbocycles. The lowest BCUT2D eigenvalue weighted by Crippen LogP contribution is -2.08. The molecular formula is C12H13FN2S. The summed E-state index contributed by atoms with van der Waals surface area (Å²) in [6.45, 7) is 3.98. The molecule has 0 saturated heterocycles. The average Bonchev–Trinajstić information content (AvgIpc) is 2.58. The third-order valence-corrected chi connectivity index (χ3v) is 3.04. The van der Waals surface area contributed by atoms with Crippen molar-refractivity contribution < 1.29 is 4.39 Å². The Morgan fingerprint density at radius 3 is 2.75 bits per heavy atom. The lowest BCUT2D eigenvalue weighted by molar-refractivity contribution is 0.593. The third kappa shape index (κ3) is 1.93. The summed E-state index contributed by atoms with van der Waals surface area (Å²) in [6.07, 6.45) is 1.86. The van der Waals surface area contributed by atoms with Gasteiger partial charge < -0.3 is 9.55 Å². The number of nitrogens with zero attached hydrogens (tertiary/aromatic N) is 1. The van der Waals surface area contributed by atoms with Gasteiger partial charge in [-0.05, 0) is 43.8 Å². The van der Waals surface area contributed by atoms with Crippen molar-refractivity contribution in [2.45, 2.75) is 19.9 Å². The number of halogens is 1. The van der Waals surface area contributed by atoms with E-state index in [1.54, 1.807) is 12.1 Å². The monoisotopic (exact) mass is 236 g/mol. The molecule has 1 aromatic carbocycles. The van der Waals surface area contributed by atoms with Crippen molar-refractivity contribution in [1.29, 1.82) is 0 Å². The molecule has 0 radical (unpaired) electrons. The minimum atomic E-state index is -0.218. The highest BCUT2D eigenvalue weighted by Crippen LogP contribution is 2.20. The van der Waals surface area contributed by atoms with E-state index in [1.807, 2.05) is 30.7 Å². The molecule has 1 aromatic heterocycles. The van der Waals surface area contributed by atoms with Crippen LogP contribution >= 0.6 is 12.2 Å². The maximum atomic E-state index is 13.1.